The lowest BCUT2D eigenvalue weighted by Crippen LogP contribution is -2.45. The molecule has 2 heteroatoms. The van der Waals surface area contributed by atoms with Crippen LogP contribution in [-0.2, 0) is 0 Å². The van der Waals surface area contributed by atoms with Gasteiger partial charge in [0.1, 0.15) is 0 Å². The highest BCUT2D eigenvalue weighted by Gasteiger charge is 2.35. The smallest absolute Gasteiger partial charge is 0.0471 e. The SMILES string of the molecule is CC(CO)C(C)NC1CCCC1(C)C. The van der Waals surface area contributed by atoms with Crippen LogP contribution in [0.15, 0.2) is 0 Å². The minimum Gasteiger partial charge on any atom is -0.396 e. The second kappa shape index (κ2) is 4.63. The molecule has 0 aromatic rings. The molecule has 1 aliphatic carbocycles. The summed E-state index contributed by atoms with van der Waals surface area (Å²) in [4.78, 5) is 0. The molecule has 14 heavy (non-hydrogen) atoms. The van der Waals surface area contributed by atoms with Gasteiger partial charge in [-0.2, -0.15) is 0 Å². The van der Waals surface area contributed by atoms with Crippen molar-refractivity contribution in [3.8, 4) is 0 Å². The van der Waals surface area contributed by atoms with E-state index >= 15 is 0 Å². The molecule has 0 aliphatic heterocycles. The van der Waals surface area contributed by atoms with E-state index in [-0.39, 0.29) is 6.61 Å². The maximum Gasteiger partial charge on any atom is 0.0471 e. The first-order valence-corrected chi connectivity index (χ1v) is 5.84. The van der Waals surface area contributed by atoms with E-state index in [0.717, 1.165) is 0 Å². The third-order valence-electron chi connectivity index (χ3n) is 3.86. The third-order valence-corrected chi connectivity index (χ3v) is 3.86. The zero-order valence-corrected chi connectivity index (χ0v) is 10.0. The standard InChI is InChI=1S/C12H25NO/c1-9(8-14)10(2)13-11-6-5-7-12(11,3)4/h9-11,13-14H,5-8H2,1-4H3. The fourth-order valence-electron chi connectivity index (χ4n) is 2.28. The molecule has 1 rings (SSSR count). The highest BCUT2D eigenvalue weighted by atomic mass is 16.3. The van der Waals surface area contributed by atoms with E-state index in [1.54, 1.807) is 0 Å². The van der Waals surface area contributed by atoms with Gasteiger partial charge in [-0.05, 0) is 31.1 Å². The van der Waals surface area contributed by atoms with Gasteiger partial charge < -0.3 is 10.4 Å². The fourth-order valence-corrected chi connectivity index (χ4v) is 2.28. The Balaban J connectivity index is 2.44. The molecule has 0 aromatic heterocycles. The highest BCUT2D eigenvalue weighted by molar-refractivity contribution is 4.91. The van der Waals surface area contributed by atoms with Gasteiger partial charge in [0.25, 0.3) is 0 Å². The van der Waals surface area contributed by atoms with Crippen molar-refractivity contribution in [2.24, 2.45) is 11.3 Å². The number of rotatable bonds is 4. The van der Waals surface area contributed by atoms with Crippen LogP contribution in [0.2, 0.25) is 0 Å². The van der Waals surface area contributed by atoms with Crippen molar-refractivity contribution in [3.63, 3.8) is 0 Å². The van der Waals surface area contributed by atoms with Crippen molar-refractivity contribution >= 4 is 0 Å². The average molecular weight is 199 g/mol. The quantitative estimate of drug-likeness (QED) is 0.727. The Morgan fingerprint density at radius 1 is 1.43 bits per heavy atom. The van der Waals surface area contributed by atoms with Crippen LogP contribution >= 0.6 is 0 Å². The van der Waals surface area contributed by atoms with Crippen molar-refractivity contribution < 1.29 is 5.11 Å². The molecule has 2 N–H and O–H groups in total. The van der Waals surface area contributed by atoms with Crippen LogP contribution in [-0.4, -0.2) is 23.8 Å². The molecule has 0 bridgehead atoms. The summed E-state index contributed by atoms with van der Waals surface area (Å²) < 4.78 is 0. The zero-order valence-electron chi connectivity index (χ0n) is 10.0. The summed E-state index contributed by atoms with van der Waals surface area (Å²) in [6.45, 7) is 9.23. The van der Waals surface area contributed by atoms with Crippen molar-refractivity contribution in [1.29, 1.82) is 0 Å². The van der Waals surface area contributed by atoms with E-state index in [0.29, 0.717) is 23.4 Å². The topological polar surface area (TPSA) is 32.3 Å². The summed E-state index contributed by atoms with van der Waals surface area (Å²) in [7, 11) is 0. The lowest BCUT2D eigenvalue weighted by Gasteiger charge is -2.32. The summed E-state index contributed by atoms with van der Waals surface area (Å²) in [5.74, 6) is 0.353. The second-order valence-corrected chi connectivity index (χ2v) is 5.55. The molecule has 3 atom stereocenters. The number of aliphatic hydroxyl groups is 1. The summed E-state index contributed by atoms with van der Waals surface area (Å²) in [6, 6.07) is 1.05. The van der Waals surface area contributed by atoms with Gasteiger partial charge >= 0.3 is 0 Å². The molecule has 84 valence electrons. The maximum absolute atomic E-state index is 9.07. The van der Waals surface area contributed by atoms with Crippen molar-refractivity contribution in [3.05, 3.63) is 0 Å². The fraction of sp³-hybridized carbons (Fsp3) is 1.00. The van der Waals surface area contributed by atoms with Gasteiger partial charge in [-0.1, -0.05) is 27.2 Å². The molecular weight excluding hydrogens is 174 g/mol. The minimum atomic E-state index is 0.279. The molecule has 0 heterocycles. The van der Waals surface area contributed by atoms with Gasteiger partial charge in [0.05, 0.1) is 0 Å². The second-order valence-electron chi connectivity index (χ2n) is 5.55. The summed E-state index contributed by atoms with van der Waals surface area (Å²) >= 11 is 0. The number of nitrogens with one attached hydrogen (secondary N) is 1. The van der Waals surface area contributed by atoms with E-state index in [9.17, 15) is 0 Å². The maximum atomic E-state index is 9.07. The molecule has 0 spiro atoms. The van der Waals surface area contributed by atoms with Crippen LogP contribution in [0.25, 0.3) is 0 Å². The molecule has 3 unspecified atom stereocenters. The first kappa shape index (κ1) is 12.0. The van der Waals surface area contributed by atoms with Crippen LogP contribution in [0.5, 0.6) is 0 Å². The molecule has 0 saturated heterocycles. The molecule has 0 aromatic carbocycles. The molecule has 2 nitrogen and oxygen atoms in total. The van der Waals surface area contributed by atoms with E-state index in [1.165, 1.54) is 19.3 Å². The monoisotopic (exact) mass is 199 g/mol. The van der Waals surface area contributed by atoms with Gasteiger partial charge in [0.2, 0.25) is 0 Å². The molecule has 1 fully saturated rings. The van der Waals surface area contributed by atoms with Crippen molar-refractivity contribution in [1.82, 2.24) is 5.32 Å². The molecule has 0 radical (unpaired) electrons. The van der Waals surface area contributed by atoms with E-state index in [2.05, 4.69) is 33.0 Å². The predicted molar refractivity (Wildman–Crippen MR) is 60.3 cm³/mol. The lowest BCUT2D eigenvalue weighted by atomic mass is 9.86. The number of aliphatic hydroxyl groups excluding tert-OH is 1. The highest BCUT2D eigenvalue weighted by Crippen LogP contribution is 2.37. The molecule has 0 amide bonds. The lowest BCUT2D eigenvalue weighted by molar-refractivity contribution is 0.181. The Kier molecular flexibility index (Phi) is 3.96. The largest absolute Gasteiger partial charge is 0.396 e. The first-order chi connectivity index (χ1) is 6.47. The van der Waals surface area contributed by atoms with Crippen LogP contribution < -0.4 is 5.32 Å². The van der Waals surface area contributed by atoms with Gasteiger partial charge in [-0.3, -0.25) is 0 Å². The summed E-state index contributed by atoms with van der Waals surface area (Å²) in [5.41, 5.74) is 0.434. The Hall–Kier alpha value is -0.0800. The van der Waals surface area contributed by atoms with Crippen molar-refractivity contribution in [2.45, 2.75) is 59.0 Å². The normalized spacial score (nSPS) is 30.2. The first-order valence-electron chi connectivity index (χ1n) is 5.84. The predicted octanol–water partition coefficient (Wildman–Crippen LogP) is 2.17. The van der Waals surface area contributed by atoms with Gasteiger partial charge in [0, 0.05) is 18.7 Å². The van der Waals surface area contributed by atoms with Crippen molar-refractivity contribution in [2.75, 3.05) is 6.61 Å². The zero-order chi connectivity index (χ0) is 10.8. The number of hydrogen-bond donors (Lipinski definition) is 2. The Labute approximate surface area is 88.1 Å². The van der Waals surface area contributed by atoms with Gasteiger partial charge in [-0.25, -0.2) is 0 Å². The van der Waals surface area contributed by atoms with E-state index in [1.807, 2.05) is 0 Å². The Morgan fingerprint density at radius 3 is 2.50 bits per heavy atom. The Morgan fingerprint density at radius 2 is 2.07 bits per heavy atom. The minimum absolute atomic E-state index is 0.279. The number of hydrogen-bond acceptors (Lipinski definition) is 2. The van der Waals surface area contributed by atoms with Crippen LogP contribution in [0, 0.1) is 11.3 Å². The molecule has 1 saturated carbocycles. The van der Waals surface area contributed by atoms with Crippen LogP contribution in [0.3, 0.4) is 0 Å². The van der Waals surface area contributed by atoms with E-state index < -0.39 is 0 Å². The average Bonchev–Trinajstić information content (AvgIpc) is 2.44. The Bertz CT molecular complexity index is 179. The van der Waals surface area contributed by atoms with Gasteiger partial charge in [-0.15, -0.1) is 0 Å². The summed E-state index contributed by atoms with van der Waals surface area (Å²) in [5, 5.41) is 12.7. The molecular formula is C12H25NO. The summed E-state index contributed by atoms with van der Waals surface area (Å²) in [6.07, 6.45) is 3.95. The van der Waals surface area contributed by atoms with E-state index in [4.69, 9.17) is 5.11 Å². The third kappa shape index (κ3) is 2.71. The van der Waals surface area contributed by atoms with Crippen LogP contribution in [0.4, 0.5) is 0 Å². The van der Waals surface area contributed by atoms with Gasteiger partial charge in [0.15, 0.2) is 0 Å². The van der Waals surface area contributed by atoms with Crippen LogP contribution in [0.1, 0.15) is 47.0 Å². The molecule has 1 aliphatic rings.